The van der Waals surface area contributed by atoms with Crippen molar-refractivity contribution >= 4 is 104 Å². The fourth-order valence-corrected chi connectivity index (χ4v) is 18.2. The number of pyridine rings is 1. The van der Waals surface area contributed by atoms with Crippen LogP contribution in [-0.2, 0) is 51.2 Å². The quantitative estimate of drug-likeness (QED) is 0.0110. The number of carbonyl (C=O) groups is 9. The lowest BCUT2D eigenvalue weighted by atomic mass is 9.39. The number of anilines is 2. The lowest BCUT2D eigenvalue weighted by Gasteiger charge is -2.69. The predicted molar refractivity (Wildman–Crippen MR) is 391 cm³/mol. The third-order valence-corrected chi connectivity index (χ3v) is 22.1. The van der Waals surface area contributed by atoms with E-state index in [1.54, 1.807) is 50.4 Å². The number of carboxylic acid groups (broad SMARTS) is 1. The van der Waals surface area contributed by atoms with Crippen LogP contribution in [0.4, 0.5) is 20.4 Å². The summed E-state index contributed by atoms with van der Waals surface area (Å²) in [6.45, 7) is 10.6. The molecule has 0 spiro atoms. The molecule has 550 valence electrons. The Labute approximate surface area is 605 Å². The van der Waals surface area contributed by atoms with Crippen LogP contribution in [0.15, 0.2) is 115 Å². The molecule has 7 aromatic rings. The zero-order chi connectivity index (χ0) is 74.5. The van der Waals surface area contributed by atoms with E-state index in [2.05, 4.69) is 34.8 Å². The number of nitrogens with two attached hydrogens (primary N) is 2. The SMILES string of the molecule is Cc1c(-c2ccc(-c3ccc4cccc(C(=O)Nc5nc6ccccc6s5)c4c3)nc2C(=O)O)cnn1CC12CC3(C)CC(C)(C1)CC(OCCN(CCCP(=O)(O)O)C(=O)OCc1ccc(N(C(N)=O)[C@@H](CCCN)C(=O)NC(=O)[C@@H](NC(=O)CCCCCN4C(=O)C=CC4=O)C(C)C)cc1)(C3)C2. The van der Waals surface area contributed by atoms with Gasteiger partial charge in [0.1, 0.15) is 18.7 Å². The molecule has 1 aliphatic heterocycles. The van der Waals surface area contributed by atoms with Gasteiger partial charge in [-0.1, -0.05) is 94.0 Å². The van der Waals surface area contributed by atoms with Gasteiger partial charge in [-0.05, 0) is 171 Å². The van der Waals surface area contributed by atoms with E-state index < -0.39 is 73.2 Å². The number of carboxylic acids is 1. The number of ether oxygens (including phenoxy) is 2. The number of fused-ring (bicyclic) bond motifs is 2. The molecule has 4 atom stereocenters. The number of primary amides is 1. The van der Waals surface area contributed by atoms with Crippen LogP contribution in [0.25, 0.3) is 43.4 Å². The molecule has 10 N–H and O–H groups in total. The normalized spacial score (nSPS) is 20.3. The maximum Gasteiger partial charge on any atom is 0.410 e. The van der Waals surface area contributed by atoms with Crippen LogP contribution in [0.5, 0.6) is 0 Å². The summed E-state index contributed by atoms with van der Waals surface area (Å²) < 4.78 is 27.8. The molecule has 4 heterocycles. The molecule has 4 aromatic carbocycles. The van der Waals surface area contributed by atoms with Crippen LogP contribution in [-0.4, -0.2) is 155 Å². The summed E-state index contributed by atoms with van der Waals surface area (Å²) in [6.07, 6.45) is 9.56. The van der Waals surface area contributed by atoms with Gasteiger partial charge in [-0.2, -0.15) is 5.10 Å². The van der Waals surface area contributed by atoms with Crippen molar-refractivity contribution in [2.24, 2.45) is 33.6 Å². The van der Waals surface area contributed by atoms with E-state index in [1.807, 2.05) is 66.2 Å². The van der Waals surface area contributed by atoms with Crippen LogP contribution in [0.2, 0.25) is 0 Å². The number of para-hydroxylation sites is 1. The Morgan fingerprint density at radius 3 is 2.21 bits per heavy atom. The summed E-state index contributed by atoms with van der Waals surface area (Å²) in [5, 5.41) is 25.6. The minimum Gasteiger partial charge on any atom is -0.476 e. The zero-order valence-electron chi connectivity index (χ0n) is 58.9. The molecule has 4 saturated carbocycles. The molecule has 0 radical (unpaired) electrons. The molecular weight excluding hydrogens is 1370 g/mol. The number of thiazole rings is 1. The van der Waals surface area contributed by atoms with E-state index in [4.69, 9.17) is 31.0 Å². The molecule has 4 fully saturated rings. The first kappa shape index (κ1) is 75.6. The Kier molecular flexibility index (Phi) is 22.8. The standard InChI is InChI=1S/C75H89N12O15PS/c1-46(2)63(81-60(88)19-7-6-10-32-85-61(89)28-29-62(85)90)67(93)82-66(92)58(17-12-30-76)87(69(77)96)51-24-20-48(21-25-51)38-101-71(97)84(31-13-35-103(98,99)100)33-34-102-75-42-72(4)39-73(5,43-75)41-74(40-72,44-75)45-86-47(3)55(37-78-86)52-26-27-56(79-64(52)68(94)95)50-23-22-49-14-11-15-53(54(49)36-50)65(91)83-70-80-57-16-8-9-18-59(57)104-70/h8-9,11,14-16,18,20-29,36-37,46,58,63H,6-7,10,12-13,17,19,30-35,38-45,76H2,1-5H3,(H2,77,96)(H,81,88)(H,94,95)(H,80,83,91)(H,82,92,93)(H2,98,99,100)/t58-,63-,72?,73?,74?,75?/m0/s1. The molecule has 12 rings (SSSR count). The van der Waals surface area contributed by atoms with Crippen LogP contribution in [0, 0.1) is 29.1 Å². The summed E-state index contributed by atoms with van der Waals surface area (Å²) in [7, 11) is -4.44. The lowest BCUT2D eigenvalue weighted by molar-refractivity contribution is -0.248. The number of rotatable bonds is 32. The number of nitrogens with one attached hydrogen (secondary N) is 3. The van der Waals surface area contributed by atoms with E-state index >= 15 is 0 Å². The van der Waals surface area contributed by atoms with Gasteiger partial charge in [-0.25, -0.2) is 24.4 Å². The largest absolute Gasteiger partial charge is 0.476 e. The number of benzene rings is 4. The number of carbonyl (C=O) groups excluding carboxylic acids is 8. The first-order valence-corrected chi connectivity index (χ1v) is 37.7. The van der Waals surface area contributed by atoms with E-state index in [0.29, 0.717) is 76.3 Å². The molecule has 9 amide bonds. The summed E-state index contributed by atoms with van der Waals surface area (Å²) in [6, 6.07) is 24.9. The van der Waals surface area contributed by atoms with E-state index in [-0.39, 0.29) is 110 Å². The van der Waals surface area contributed by atoms with E-state index in [9.17, 15) is 62.6 Å². The zero-order valence-corrected chi connectivity index (χ0v) is 60.6. The van der Waals surface area contributed by atoms with Crippen molar-refractivity contribution in [1.29, 1.82) is 0 Å². The molecule has 3 aromatic heterocycles. The molecule has 0 saturated heterocycles. The summed E-state index contributed by atoms with van der Waals surface area (Å²) >= 11 is 1.38. The second kappa shape index (κ2) is 31.4. The Bertz CT molecular complexity index is 4480. The van der Waals surface area contributed by atoms with Gasteiger partial charge in [-0.15, -0.1) is 0 Å². The fourth-order valence-electron chi connectivity index (χ4n) is 16.8. The van der Waals surface area contributed by atoms with Gasteiger partial charge in [0.15, 0.2) is 10.8 Å². The second-order valence-electron chi connectivity index (χ2n) is 29.3. The Hall–Kier alpha value is -9.57. The highest BCUT2D eigenvalue weighted by molar-refractivity contribution is 7.51. The van der Waals surface area contributed by atoms with Gasteiger partial charge in [0.05, 0.1) is 40.5 Å². The van der Waals surface area contributed by atoms with Crippen molar-refractivity contribution in [2.45, 2.75) is 149 Å². The molecule has 27 nitrogen and oxygen atoms in total. The van der Waals surface area contributed by atoms with E-state index in [1.165, 1.54) is 40.5 Å². The minimum absolute atomic E-state index is 0.000139. The topological polar surface area (TPSA) is 391 Å². The summed E-state index contributed by atoms with van der Waals surface area (Å²) in [4.78, 5) is 151. The molecule has 2 unspecified atom stereocenters. The molecule has 4 bridgehead atoms. The number of hydrogen-bond donors (Lipinski definition) is 8. The fraction of sp³-hybridized carbons (Fsp3) is 0.440. The third-order valence-electron chi connectivity index (χ3n) is 20.3. The second-order valence-corrected chi connectivity index (χ2v) is 32.1. The minimum atomic E-state index is -4.44. The predicted octanol–water partition coefficient (Wildman–Crippen LogP) is 10.2. The van der Waals surface area contributed by atoms with Gasteiger partial charge < -0.3 is 46.1 Å². The number of hydrogen-bond acceptors (Lipinski definition) is 17. The average Bonchev–Trinajstić information content (AvgIpc) is 1.07. The molecule has 29 heteroatoms. The highest BCUT2D eigenvalue weighted by atomic mass is 32.1. The van der Waals surface area contributed by atoms with Crippen molar-refractivity contribution in [1.82, 2.24) is 40.2 Å². The van der Waals surface area contributed by atoms with Crippen LogP contribution in [0.3, 0.4) is 0 Å². The van der Waals surface area contributed by atoms with Gasteiger partial charge in [0, 0.05) is 78.4 Å². The van der Waals surface area contributed by atoms with Crippen molar-refractivity contribution < 1.29 is 72.1 Å². The summed E-state index contributed by atoms with van der Waals surface area (Å²) in [5.74, 6) is -4.91. The third kappa shape index (κ3) is 17.6. The number of nitrogens with zero attached hydrogens (tertiary/aromatic N) is 7. The smallest absolute Gasteiger partial charge is 0.410 e. The van der Waals surface area contributed by atoms with Crippen LogP contribution >= 0.6 is 18.9 Å². The Morgan fingerprint density at radius 2 is 1.53 bits per heavy atom. The van der Waals surface area contributed by atoms with Gasteiger partial charge in [0.25, 0.3) is 17.7 Å². The van der Waals surface area contributed by atoms with Gasteiger partial charge in [-0.3, -0.25) is 58.4 Å². The lowest BCUT2D eigenvalue weighted by Crippen LogP contribution is -2.64. The highest BCUT2D eigenvalue weighted by Crippen LogP contribution is 2.72. The highest BCUT2D eigenvalue weighted by Gasteiger charge is 2.66. The Morgan fingerprint density at radius 1 is 0.798 bits per heavy atom. The molecule has 4 aliphatic carbocycles. The summed E-state index contributed by atoms with van der Waals surface area (Å²) in [5.41, 5.74) is 15.2. The molecular formula is C75H89N12O15PS. The molecule has 104 heavy (non-hydrogen) atoms. The van der Waals surface area contributed by atoms with Crippen LogP contribution < -0.4 is 32.3 Å². The first-order valence-electron chi connectivity index (χ1n) is 35.1. The number of amides is 9. The number of urea groups is 1. The number of imide groups is 2. The van der Waals surface area contributed by atoms with Crippen molar-refractivity contribution in [3.8, 4) is 22.4 Å². The van der Waals surface area contributed by atoms with Gasteiger partial charge >= 0.3 is 25.7 Å². The van der Waals surface area contributed by atoms with Crippen molar-refractivity contribution in [3.63, 3.8) is 0 Å². The monoisotopic (exact) mass is 1460 g/mol. The van der Waals surface area contributed by atoms with Crippen molar-refractivity contribution in [2.75, 3.05) is 49.2 Å². The van der Waals surface area contributed by atoms with Crippen LogP contribution in [0.1, 0.15) is 143 Å². The number of unbranched alkanes of at least 4 members (excludes halogenated alkanes) is 2. The first-order chi connectivity index (χ1) is 49.4. The van der Waals surface area contributed by atoms with E-state index in [0.717, 1.165) is 63.2 Å². The Balaban J connectivity index is 0.724. The number of aromatic carboxylic acids is 1. The molecule has 5 aliphatic rings. The van der Waals surface area contributed by atoms with Gasteiger partial charge in [0.2, 0.25) is 17.7 Å². The maximum absolute atomic E-state index is 14.1. The van der Waals surface area contributed by atoms with Crippen molar-refractivity contribution in [3.05, 3.63) is 138 Å². The maximum atomic E-state index is 14.1. The average molecular weight is 1460 g/mol. The number of aromatic nitrogens is 4.